The van der Waals surface area contributed by atoms with E-state index >= 15 is 0 Å². The third-order valence-corrected chi connectivity index (χ3v) is 4.21. The van der Waals surface area contributed by atoms with Crippen molar-refractivity contribution in [2.75, 3.05) is 5.73 Å². The predicted octanol–water partition coefficient (Wildman–Crippen LogP) is 4.31. The fourth-order valence-electron chi connectivity index (χ4n) is 2.14. The molecule has 0 aliphatic heterocycles. The van der Waals surface area contributed by atoms with E-state index in [1.807, 2.05) is 41.6 Å². The van der Waals surface area contributed by atoms with Gasteiger partial charge in [0.2, 0.25) is 5.95 Å². The van der Waals surface area contributed by atoms with Gasteiger partial charge in [0.15, 0.2) is 0 Å². The van der Waals surface area contributed by atoms with Gasteiger partial charge in [-0.1, -0.05) is 17.7 Å². The second-order valence-electron chi connectivity index (χ2n) is 4.52. The lowest BCUT2D eigenvalue weighted by atomic mass is 10.2. The minimum atomic E-state index is -0.303. The summed E-state index contributed by atoms with van der Waals surface area (Å²) in [6.07, 6.45) is 0. The zero-order valence-electron chi connectivity index (χ0n) is 10.5. The zero-order valence-corrected chi connectivity index (χ0v) is 13.4. The second kappa shape index (κ2) is 4.89. The molecule has 3 nitrogen and oxygen atoms in total. The Hall–Kier alpha value is -1.34. The Morgan fingerprint density at radius 1 is 1.30 bits per heavy atom. The number of imidazole rings is 1. The number of hydrogen-bond donors (Lipinski definition) is 1. The van der Waals surface area contributed by atoms with Crippen LogP contribution in [0.2, 0.25) is 5.02 Å². The van der Waals surface area contributed by atoms with Crippen LogP contribution in [0.5, 0.6) is 0 Å². The highest BCUT2D eigenvalue weighted by Gasteiger charge is 2.15. The minimum Gasteiger partial charge on any atom is -0.369 e. The Kier molecular flexibility index (Phi) is 3.33. The smallest absolute Gasteiger partial charge is 0.205 e. The van der Waals surface area contributed by atoms with Gasteiger partial charge in [0.1, 0.15) is 5.82 Å². The number of nitrogens with zero attached hydrogens (tertiary/aromatic N) is 2. The fraction of sp³-hybridized carbons (Fsp3) is 0.0714. The maximum Gasteiger partial charge on any atom is 0.205 e. The van der Waals surface area contributed by atoms with Crippen molar-refractivity contribution in [2.45, 2.75) is 6.92 Å². The molecule has 0 saturated carbocycles. The number of fused-ring (bicyclic) bond motifs is 1. The number of nitrogens with two attached hydrogens (primary N) is 1. The zero-order chi connectivity index (χ0) is 14.4. The minimum absolute atomic E-state index is 0.286. The molecule has 0 spiro atoms. The van der Waals surface area contributed by atoms with Gasteiger partial charge in [-0.2, -0.15) is 0 Å². The van der Waals surface area contributed by atoms with Gasteiger partial charge in [-0.15, -0.1) is 0 Å². The monoisotopic (exact) mass is 401 g/mol. The van der Waals surface area contributed by atoms with Gasteiger partial charge in [-0.3, -0.25) is 4.57 Å². The second-order valence-corrected chi connectivity index (χ2v) is 6.08. The summed E-state index contributed by atoms with van der Waals surface area (Å²) in [5, 5.41) is 0.542. The molecular formula is C14H10ClFIN3. The maximum absolute atomic E-state index is 13.8. The molecule has 3 rings (SSSR count). The highest BCUT2D eigenvalue weighted by molar-refractivity contribution is 14.1. The lowest BCUT2D eigenvalue weighted by Gasteiger charge is -2.10. The molecule has 0 saturated heterocycles. The van der Waals surface area contributed by atoms with Crippen LogP contribution in [0, 0.1) is 16.3 Å². The van der Waals surface area contributed by atoms with Crippen molar-refractivity contribution < 1.29 is 4.39 Å². The highest BCUT2D eigenvalue weighted by atomic mass is 127. The van der Waals surface area contributed by atoms with Gasteiger partial charge < -0.3 is 5.73 Å². The van der Waals surface area contributed by atoms with Crippen LogP contribution in [0.3, 0.4) is 0 Å². The van der Waals surface area contributed by atoms with Crippen LogP contribution in [0.1, 0.15) is 5.56 Å². The molecule has 6 heteroatoms. The summed E-state index contributed by atoms with van der Waals surface area (Å²) in [5.41, 5.74) is 8.96. The maximum atomic E-state index is 13.8. The van der Waals surface area contributed by atoms with Crippen molar-refractivity contribution in [3.8, 4) is 5.69 Å². The molecule has 0 unspecified atom stereocenters. The van der Waals surface area contributed by atoms with Crippen LogP contribution in [-0.2, 0) is 0 Å². The van der Waals surface area contributed by atoms with E-state index in [1.165, 1.54) is 6.07 Å². The van der Waals surface area contributed by atoms with Gasteiger partial charge in [0.05, 0.1) is 25.3 Å². The van der Waals surface area contributed by atoms with E-state index in [0.717, 1.165) is 5.56 Å². The molecule has 0 fully saturated rings. The molecule has 0 amide bonds. The Morgan fingerprint density at radius 2 is 2.05 bits per heavy atom. The van der Waals surface area contributed by atoms with Crippen LogP contribution >= 0.6 is 34.2 Å². The Labute approximate surface area is 133 Å². The molecule has 2 N–H and O–H groups in total. The molecule has 3 aromatic rings. The lowest BCUT2D eigenvalue weighted by molar-refractivity contribution is 0.622. The molecule has 0 atom stereocenters. The first-order valence-electron chi connectivity index (χ1n) is 5.87. The average molecular weight is 402 g/mol. The normalized spacial score (nSPS) is 11.2. The molecular weight excluding hydrogens is 392 g/mol. The summed E-state index contributed by atoms with van der Waals surface area (Å²) < 4.78 is 16.0. The Morgan fingerprint density at radius 3 is 2.80 bits per heavy atom. The van der Waals surface area contributed by atoms with Crippen LogP contribution in [-0.4, -0.2) is 9.55 Å². The van der Waals surface area contributed by atoms with Crippen molar-refractivity contribution in [3.05, 3.63) is 50.3 Å². The van der Waals surface area contributed by atoms with Crippen molar-refractivity contribution >= 4 is 51.2 Å². The van der Waals surface area contributed by atoms with Gasteiger partial charge in [0, 0.05) is 6.07 Å². The molecule has 0 radical (unpaired) electrons. The van der Waals surface area contributed by atoms with Gasteiger partial charge >= 0.3 is 0 Å². The largest absolute Gasteiger partial charge is 0.369 e. The Balaban J connectivity index is 2.38. The summed E-state index contributed by atoms with van der Waals surface area (Å²) in [6, 6.07) is 8.70. The van der Waals surface area contributed by atoms with E-state index < -0.39 is 0 Å². The first-order valence-corrected chi connectivity index (χ1v) is 7.32. The number of benzene rings is 2. The number of aryl methyl sites for hydroxylation is 1. The Bertz CT molecular complexity index is 829. The van der Waals surface area contributed by atoms with E-state index in [1.54, 1.807) is 16.7 Å². The number of rotatable bonds is 1. The molecule has 1 heterocycles. The first kappa shape index (κ1) is 13.6. The summed E-state index contributed by atoms with van der Waals surface area (Å²) in [5.74, 6) is -0.0167. The predicted molar refractivity (Wildman–Crippen MR) is 87.9 cm³/mol. The SMILES string of the molecule is Cc1ccc(Cl)c(-n2c(N)nc3cc(I)c(F)cc32)c1. The van der Waals surface area contributed by atoms with Crippen LogP contribution in [0.15, 0.2) is 30.3 Å². The van der Waals surface area contributed by atoms with E-state index in [4.69, 9.17) is 17.3 Å². The van der Waals surface area contributed by atoms with Crippen molar-refractivity contribution in [2.24, 2.45) is 0 Å². The van der Waals surface area contributed by atoms with Crippen molar-refractivity contribution in [3.63, 3.8) is 0 Å². The molecule has 102 valence electrons. The fourth-order valence-corrected chi connectivity index (χ4v) is 2.79. The lowest BCUT2D eigenvalue weighted by Crippen LogP contribution is -2.02. The summed E-state index contributed by atoms with van der Waals surface area (Å²) in [4.78, 5) is 4.27. The van der Waals surface area contributed by atoms with Crippen LogP contribution in [0.25, 0.3) is 16.7 Å². The highest BCUT2D eigenvalue weighted by Crippen LogP contribution is 2.30. The average Bonchev–Trinajstić information content (AvgIpc) is 2.69. The van der Waals surface area contributed by atoms with Crippen LogP contribution < -0.4 is 5.73 Å². The van der Waals surface area contributed by atoms with Crippen molar-refractivity contribution in [1.82, 2.24) is 9.55 Å². The molecule has 0 bridgehead atoms. The number of nitrogen functional groups attached to an aromatic ring is 1. The quantitative estimate of drug-likeness (QED) is 0.618. The van der Waals surface area contributed by atoms with Crippen LogP contribution in [0.4, 0.5) is 10.3 Å². The molecule has 0 aliphatic carbocycles. The van der Waals surface area contributed by atoms with Gasteiger partial charge in [0.25, 0.3) is 0 Å². The summed E-state index contributed by atoms with van der Waals surface area (Å²) >= 11 is 8.16. The molecule has 2 aromatic carbocycles. The first-order chi connectivity index (χ1) is 9.47. The number of anilines is 1. The van der Waals surface area contributed by atoms with E-state index in [-0.39, 0.29) is 11.8 Å². The number of hydrogen-bond acceptors (Lipinski definition) is 2. The third-order valence-electron chi connectivity index (χ3n) is 3.07. The van der Waals surface area contributed by atoms with E-state index in [2.05, 4.69) is 4.98 Å². The molecule has 0 aliphatic rings. The van der Waals surface area contributed by atoms with Gasteiger partial charge in [-0.25, -0.2) is 9.37 Å². The summed E-state index contributed by atoms with van der Waals surface area (Å²) in [7, 11) is 0. The number of halogens is 3. The van der Waals surface area contributed by atoms with E-state index in [9.17, 15) is 4.39 Å². The summed E-state index contributed by atoms with van der Waals surface area (Å²) in [6.45, 7) is 1.96. The third kappa shape index (κ3) is 2.14. The van der Waals surface area contributed by atoms with Crippen molar-refractivity contribution in [1.29, 1.82) is 0 Å². The molecule has 1 aromatic heterocycles. The molecule has 20 heavy (non-hydrogen) atoms. The number of aromatic nitrogens is 2. The topological polar surface area (TPSA) is 43.8 Å². The van der Waals surface area contributed by atoms with E-state index in [0.29, 0.717) is 25.3 Å². The van der Waals surface area contributed by atoms with Gasteiger partial charge in [-0.05, 0) is 53.3 Å². The standard InChI is InChI=1S/C14H10ClFIN3/c1-7-2-3-8(15)12(4-7)20-13-5-9(16)10(17)6-11(13)19-14(20)18/h2-6H,1H3,(H2,18,19).